The number of piperazine rings is 1. The number of amides is 2. The molecule has 0 unspecified atom stereocenters. The highest BCUT2D eigenvalue weighted by molar-refractivity contribution is 5.77. The minimum absolute atomic E-state index is 0.0490. The molecule has 0 saturated carbocycles. The van der Waals surface area contributed by atoms with Crippen molar-refractivity contribution in [2.75, 3.05) is 50.5 Å². The highest BCUT2D eigenvalue weighted by Crippen LogP contribution is 2.19. The van der Waals surface area contributed by atoms with Gasteiger partial charge in [-0.1, -0.05) is 12.1 Å². The van der Waals surface area contributed by atoms with Crippen molar-refractivity contribution in [2.24, 2.45) is 0 Å². The fourth-order valence-corrected chi connectivity index (χ4v) is 3.35. The first kappa shape index (κ1) is 23.8. The highest BCUT2D eigenvalue weighted by atomic mass is 16.6. The van der Waals surface area contributed by atoms with Crippen LogP contribution < -0.4 is 15.0 Å². The predicted octanol–water partition coefficient (Wildman–Crippen LogP) is 1.31. The molecule has 2 aromatic rings. The van der Waals surface area contributed by atoms with Gasteiger partial charge >= 0.3 is 12.1 Å². The summed E-state index contributed by atoms with van der Waals surface area (Å²) in [5.74, 6) is 0.480. The van der Waals surface area contributed by atoms with E-state index in [1.54, 1.807) is 56.3 Å². The summed E-state index contributed by atoms with van der Waals surface area (Å²) in [7, 11) is 3.18. The number of nitrogens with zero attached hydrogens (tertiary/aromatic N) is 5. The highest BCUT2D eigenvalue weighted by Gasteiger charge is 2.22. The lowest BCUT2D eigenvalue weighted by atomic mass is 10.1. The molecule has 0 radical (unpaired) electrons. The van der Waals surface area contributed by atoms with E-state index < -0.39 is 18.1 Å². The van der Waals surface area contributed by atoms with Gasteiger partial charge in [-0.15, -0.1) is 0 Å². The molecule has 11 heteroatoms. The van der Waals surface area contributed by atoms with Crippen molar-refractivity contribution in [3.8, 4) is 5.75 Å². The Kier molecular flexibility index (Phi) is 7.65. The minimum atomic E-state index is -1.02. The number of ether oxygens (including phenoxy) is 1. The Hall–Kier alpha value is -3.89. The molecule has 2 N–H and O–H groups in total. The molecule has 0 aliphatic carbocycles. The van der Waals surface area contributed by atoms with E-state index in [2.05, 4.69) is 15.3 Å². The summed E-state index contributed by atoms with van der Waals surface area (Å²) in [6.07, 6.45) is 1.10. The van der Waals surface area contributed by atoms with Gasteiger partial charge in [-0.05, 0) is 17.7 Å². The van der Waals surface area contributed by atoms with E-state index in [-0.39, 0.29) is 12.3 Å². The molecule has 1 atom stereocenters. The van der Waals surface area contributed by atoms with Gasteiger partial charge in [-0.25, -0.2) is 19.6 Å². The third kappa shape index (κ3) is 6.55. The van der Waals surface area contributed by atoms with Crippen molar-refractivity contribution in [1.29, 1.82) is 0 Å². The molecule has 2 heterocycles. The smallest absolute Gasteiger partial charge is 0.414 e. The maximum Gasteiger partial charge on any atom is 0.414 e. The second-order valence-electron chi connectivity index (χ2n) is 7.90. The summed E-state index contributed by atoms with van der Waals surface area (Å²) >= 11 is 0. The summed E-state index contributed by atoms with van der Waals surface area (Å²) in [4.78, 5) is 48.6. The number of benzene rings is 1. The molecule has 1 fully saturated rings. The quantitative estimate of drug-likeness (QED) is 0.634. The third-order valence-electron chi connectivity index (χ3n) is 5.26. The Morgan fingerprint density at radius 1 is 1.12 bits per heavy atom. The third-order valence-corrected chi connectivity index (χ3v) is 5.26. The number of carbonyl (C=O) groups is 3. The molecule has 33 heavy (non-hydrogen) atoms. The Labute approximate surface area is 192 Å². The van der Waals surface area contributed by atoms with Gasteiger partial charge in [0.1, 0.15) is 29.8 Å². The van der Waals surface area contributed by atoms with Crippen molar-refractivity contribution < 1.29 is 24.2 Å². The molecule has 1 aromatic heterocycles. The van der Waals surface area contributed by atoms with Crippen LogP contribution in [-0.2, 0) is 16.0 Å². The number of nitrogens with one attached hydrogen (secondary N) is 1. The zero-order valence-corrected chi connectivity index (χ0v) is 18.9. The van der Waals surface area contributed by atoms with Crippen LogP contribution in [0.3, 0.4) is 0 Å². The van der Waals surface area contributed by atoms with Crippen LogP contribution in [0.15, 0.2) is 36.7 Å². The van der Waals surface area contributed by atoms with E-state index in [0.717, 1.165) is 5.56 Å². The Morgan fingerprint density at radius 3 is 2.36 bits per heavy atom. The SMILES string of the molecule is CC(=O)N1CCN(c2cc(N[C@@H](Cc3ccc(OC(=O)N(C)C)cc3)C(=O)O)ncn2)CC1. The van der Waals surface area contributed by atoms with Gasteiger partial charge in [0, 0.05) is 59.7 Å². The van der Waals surface area contributed by atoms with Gasteiger partial charge in [0.05, 0.1) is 0 Å². The first-order chi connectivity index (χ1) is 15.7. The van der Waals surface area contributed by atoms with Crippen molar-refractivity contribution in [3.05, 3.63) is 42.2 Å². The van der Waals surface area contributed by atoms with Crippen LogP contribution >= 0.6 is 0 Å². The molecule has 11 nitrogen and oxygen atoms in total. The second kappa shape index (κ2) is 10.6. The number of carboxylic acids is 1. The number of aliphatic carboxylic acids is 1. The van der Waals surface area contributed by atoms with Crippen LogP contribution in [0.1, 0.15) is 12.5 Å². The van der Waals surface area contributed by atoms with Crippen LogP contribution in [-0.4, -0.2) is 89.2 Å². The molecule has 0 spiro atoms. The molecular formula is C22H28N6O5. The van der Waals surface area contributed by atoms with Crippen LogP contribution in [0, 0.1) is 0 Å². The molecule has 2 amide bonds. The van der Waals surface area contributed by atoms with E-state index >= 15 is 0 Å². The fraction of sp³-hybridized carbons (Fsp3) is 0.409. The number of rotatable bonds is 7. The number of hydrogen-bond acceptors (Lipinski definition) is 8. The average Bonchev–Trinajstić information content (AvgIpc) is 2.80. The van der Waals surface area contributed by atoms with E-state index in [9.17, 15) is 19.5 Å². The molecule has 3 rings (SSSR count). The summed E-state index contributed by atoms with van der Waals surface area (Å²) in [6, 6.07) is 7.48. The number of carbonyl (C=O) groups excluding carboxylic acids is 2. The normalized spacial score (nSPS) is 14.4. The largest absolute Gasteiger partial charge is 0.480 e. The Bertz CT molecular complexity index is 989. The molecule has 1 aromatic carbocycles. The van der Waals surface area contributed by atoms with Gasteiger partial charge < -0.3 is 29.9 Å². The summed E-state index contributed by atoms with van der Waals surface area (Å²) in [5, 5.41) is 12.7. The Balaban J connectivity index is 1.63. The van der Waals surface area contributed by atoms with Crippen molar-refractivity contribution >= 4 is 29.6 Å². The van der Waals surface area contributed by atoms with E-state index in [0.29, 0.717) is 43.6 Å². The van der Waals surface area contributed by atoms with Gasteiger partial charge in [0.15, 0.2) is 0 Å². The zero-order chi connectivity index (χ0) is 24.0. The van der Waals surface area contributed by atoms with Crippen molar-refractivity contribution in [3.63, 3.8) is 0 Å². The topological polar surface area (TPSA) is 128 Å². The zero-order valence-electron chi connectivity index (χ0n) is 18.9. The van der Waals surface area contributed by atoms with Crippen LogP contribution in [0.4, 0.5) is 16.4 Å². The van der Waals surface area contributed by atoms with E-state index in [1.807, 2.05) is 4.90 Å². The average molecular weight is 457 g/mol. The molecular weight excluding hydrogens is 428 g/mol. The van der Waals surface area contributed by atoms with Crippen molar-refractivity contribution in [1.82, 2.24) is 19.8 Å². The monoisotopic (exact) mass is 456 g/mol. The summed E-state index contributed by atoms with van der Waals surface area (Å²) in [6.45, 7) is 4.06. The number of aromatic nitrogens is 2. The van der Waals surface area contributed by atoms with Gasteiger partial charge in [-0.2, -0.15) is 0 Å². The lowest BCUT2D eigenvalue weighted by Gasteiger charge is -2.34. The van der Waals surface area contributed by atoms with Gasteiger partial charge in [0.25, 0.3) is 0 Å². The fourth-order valence-electron chi connectivity index (χ4n) is 3.35. The second-order valence-corrected chi connectivity index (χ2v) is 7.90. The maximum absolute atomic E-state index is 11.9. The lowest BCUT2D eigenvalue weighted by Crippen LogP contribution is -2.48. The predicted molar refractivity (Wildman–Crippen MR) is 121 cm³/mol. The summed E-state index contributed by atoms with van der Waals surface area (Å²) < 4.78 is 5.18. The van der Waals surface area contributed by atoms with Gasteiger partial charge in [-0.3, -0.25) is 4.79 Å². The first-order valence-corrected chi connectivity index (χ1v) is 10.5. The minimum Gasteiger partial charge on any atom is -0.480 e. The van der Waals surface area contributed by atoms with Gasteiger partial charge in [0.2, 0.25) is 5.91 Å². The van der Waals surface area contributed by atoms with Crippen molar-refractivity contribution in [2.45, 2.75) is 19.4 Å². The number of carboxylic acid groups (broad SMARTS) is 1. The number of anilines is 2. The lowest BCUT2D eigenvalue weighted by molar-refractivity contribution is -0.138. The molecule has 176 valence electrons. The van der Waals surface area contributed by atoms with E-state index in [1.165, 1.54) is 11.2 Å². The Morgan fingerprint density at radius 2 is 1.79 bits per heavy atom. The molecule has 1 aliphatic rings. The van der Waals surface area contributed by atoms with Crippen LogP contribution in [0.2, 0.25) is 0 Å². The molecule has 0 bridgehead atoms. The van der Waals surface area contributed by atoms with Crippen LogP contribution in [0.25, 0.3) is 0 Å². The first-order valence-electron chi connectivity index (χ1n) is 10.5. The number of hydrogen-bond donors (Lipinski definition) is 2. The molecule has 1 saturated heterocycles. The van der Waals surface area contributed by atoms with E-state index in [4.69, 9.17) is 4.74 Å². The molecule has 1 aliphatic heterocycles. The standard InChI is InChI=1S/C22H28N6O5/c1-15(29)27-8-10-28(11-9-27)20-13-19(23-14-24-20)25-18(21(30)31)12-16-4-6-17(7-5-16)33-22(32)26(2)3/h4-7,13-14,18H,8-12H2,1-3H3,(H,30,31)(H,23,24,25)/t18-/m0/s1. The summed E-state index contributed by atoms with van der Waals surface area (Å²) in [5.41, 5.74) is 0.759. The van der Waals surface area contributed by atoms with Crippen LogP contribution in [0.5, 0.6) is 5.75 Å². The maximum atomic E-state index is 11.9.